The Labute approximate surface area is 140 Å². The van der Waals surface area contributed by atoms with Gasteiger partial charge in [0.1, 0.15) is 6.10 Å². The molecule has 0 unspecified atom stereocenters. The SMILES string of the molecule is O=NN1CCC(OC(=O)Nc2ccccc2-c2ccccc2)CC1. The van der Waals surface area contributed by atoms with Gasteiger partial charge in [-0.15, -0.1) is 4.91 Å². The smallest absolute Gasteiger partial charge is 0.411 e. The molecule has 0 atom stereocenters. The highest BCUT2D eigenvalue weighted by Gasteiger charge is 2.22. The number of piperidine rings is 1. The van der Waals surface area contributed by atoms with E-state index in [1.165, 1.54) is 5.01 Å². The van der Waals surface area contributed by atoms with Crippen molar-refractivity contribution in [2.75, 3.05) is 18.4 Å². The molecule has 0 saturated carbocycles. The van der Waals surface area contributed by atoms with Gasteiger partial charge >= 0.3 is 6.09 Å². The molecule has 1 aliphatic heterocycles. The Morgan fingerprint density at radius 3 is 2.42 bits per heavy atom. The topological polar surface area (TPSA) is 71.0 Å². The molecule has 0 bridgehead atoms. The van der Waals surface area contributed by atoms with Crippen LogP contribution in [0.3, 0.4) is 0 Å². The van der Waals surface area contributed by atoms with Gasteiger partial charge in [0.05, 0.1) is 11.0 Å². The quantitative estimate of drug-likeness (QED) is 0.861. The summed E-state index contributed by atoms with van der Waals surface area (Å²) in [5.41, 5.74) is 2.68. The maximum atomic E-state index is 12.2. The number of benzene rings is 2. The summed E-state index contributed by atoms with van der Waals surface area (Å²) in [4.78, 5) is 22.6. The van der Waals surface area contributed by atoms with E-state index < -0.39 is 6.09 Å². The maximum absolute atomic E-state index is 12.2. The van der Waals surface area contributed by atoms with Crippen LogP contribution in [-0.2, 0) is 4.74 Å². The fraction of sp³-hybridized carbons (Fsp3) is 0.278. The summed E-state index contributed by atoms with van der Waals surface area (Å²) in [6.07, 6.45) is 0.557. The van der Waals surface area contributed by atoms with Crippen LogP contribution in [0.25, 0.3) is 11.1 Å². The Hall–Kier alpha value is -2.89. The van der Waals surface area contributed by atoms with E-state index in [1.54, 1.807) is 0 Å². The third kappa shape index (κ3) is 3.90. The normalized spacial score (nSPS) is 14.9. The van der Waals surface area contributed by atoms with Crippen molar-refractivity contribution in [2.45, 2.75) is 18.9 Å². The predicted molar refractivity (Wildman–Crippen MR) is 92.4 cm³/mol. The number of para-hydroxylation sites is 1. The standard InChI is InChI=1S/C18H19N3O3/c22-18(24-15-10-12-21(20-23)13-11-15)19-17-9-5-4-8-16(17)14-6-2-1-3-7-14/h1-9,15H,10-13H2,(H,19,22). The van der Waals surface area contributed by atoms with Crippen LogP contribution in [0.1, 0.15) is 12.8 Å². The molecule has 0 aliphatic carbocycles. The van der Waals surface area contributed by atoms with E-state index in [9.17, 15) is 9.70 Å². The summed E-state index contributed by atoms with van der Waals surface area (Å²) < 4.78 is 5.46. The molecule has 1 heterocycles. The third-order valence-electron chi connectivity index (χ3n) is 4.06. The molecule has 1 aliphatic rings. The van der Waals surface area contributed by atoms with Crippen LogP contribution in [0.2, 0.25) is 0 Å². The van der Waals surface area contributed by atoms with E-state index >= 15 is 0 Å². The lowest BCUT2D eigenvalue weighted by Crippen LogP contribution is -2.35. The van der Waals surface area contributed by atoms with Crippen molar-refractivity contribution in [2.24, 2.45) is 5.29 Å². The fourth-order valence-corrected chi connectivity index (χ4v) is 2.79. The summed E-state index contributed by atoms with van der Waals surface area (Å²) >= 11 is 0. The van der Waals surface area contributed by atoms with Crippen molar-refractivity contribution in [3.8, 4) is 11.1 Å². The van der Waals surface area contributed by atoms with Gasteiger partial charge in [-0.3, -0.25) is 10.3 Å². The molecule has 1 amide bonds. The van der Waals surface area contributed by atoms with Crippen molar-refractivity contribution >= 4 is 11.8 Å². The number of rotatable bonds is 4. The molecule has 2 aromatic rings. The van der Waals surface area contributed by atoms with E-state index in [1.807, 2.05) is 54.6 Å². The minimum Gasteiger partial charge on any atom is -0.446 e. The number of nitroso groups, excluding NO2 is 1. The summed E-state index contributed by atoms with van der Waals surface area (Å²) in [7, 11) is 0. The number of nitrogens with one attached hydrogen (secondary N) is 1. The van der Waals surface area contributed by atoms with Gasteiger partial charge in [-0.05, 0) is 11.6 Å². The molecule has 24 heavy (non-hydrogen) atoms. The molecule has 0 aromatic heterocycles. The Balaban J connectivity index is 1.64. The second-order valence-corrected chi connectivity index (χ2v) is 5.68. The Morgan fingerprint density at radius 2 is 1.71 bits per heavy atom. The zero-order chi connectivity index (χ0) is 16.8. The molecule has 0 radical (unpaired) electrons. The van der Waals surface area contributed by atoms with E-state index in [0.717, 1.165) is 11.1 Å². The van der Waals surface area contributed by atoms with Gasteiger partial charge in [-0.2, -0.15) is 0 Å². The third-order valence-corrected chi connectivity index (χ3v) is 4.06. The van der Waals surface area contributed by atoms with Gasteiger partial charge in [0.2, 0.25) is 0 Å². The van der Waals surface area contributed by atoms with E-state index in [0.29, 0.717) is 31.6 Å². The minimum atomic E-state index is -0.476. The van der Waals surface area contributed by atoms with Gasteiger partial charge in [0.15, 0.2) is 0 Å². The number of hydrogen-bond donors (Lipinski definition) is 1. The molecule has 3 rings (SSSR count). The van der Waals surface area contributed by atoms with Gasteiger partial charge in [-0.25, -0.2) is 4.79 Å². The van der Waals surface area contributed by atoms with Crippen LogP contribution in [-0.4, -0.2) is 30.3 Å². The van der Waals surface area contributed by atoms with Gasteiger partial charge in [0, 0.05) is 31.5 Å². The van der Waals surface area contributed by atoms with Crippen LogP contribution in [0.4, 0.5) is 10.5 Å². The van der Waals surface area contributed by atoms with Crippen LogP contribution in [0, 0.1) is 4.91 Å². The monoisotopic (exact) mass is 325 g/mol. The second kappa shape index (κ2) is 7.59. The average Bonchev–Trinajstić information content (AvgIpc) is 2.63. The Kier molecular flexibility index (Phi) is 5.05. The first kappa shape index (κ1) is 16.0. The molecule has 6 nitrogen and oxygen atoms in total. The van der Waals surface area contributed by atoms with Crippen molar-refractivity contribution < 1.29 is 9.53 Å². The highest BCUT2D eigenvalue weighted by molar-refractivity contribution is 5.91. The van der Waals surface area contributed by atoms with Crippen molar-refractivity contribution in [1.82, 2.24) is 5.01 Å². The molecule has 1 saturated heterocycles. The zero-order valence-corrected chi connectivity index (χ0v) is 13.2. The number of ether oxygens (including phenoxy) is 1. The van der Waals surface area contributed by atoms with E-state index in [-0.39, 0.29) is 6.10 Å². The maximum Gasteiger partial charge on any atom is 0.411 e. The summed E-state index contributed by atoms with van der Waals surface area (Å²) in [5.74, 6) is 0. The van der Waals surface area contributed by atoms with E-state index in [2.05, 4.69) is 10.6 Å². The number of carbonyl (C=O) groups is 1. The molecular formula is C18H19N3O3. The fourth-order valence-electron chi connectivity index (χ4n) is 2.79. The minimum absolute atomic E-state index is 0.188. The Morgan fingerprint density at radius 1 is 1.04 bits per heavy atom. The van der Waals surface area contributed by atoms with Crippen molar-refractivity contribution in [1.29, 1.82) is 0 Å². The number of nitrogens with zero attached hydrogens (tertiary/aromatic N) is 2. The number of hydrogen-bond acceptors (Lipinski definition) is 4. The molecular weight excluding hydrogens is 306 g/mol. The van der Waals surface area contributed by atoms with Crippen LogP contribution in [0.15, 0.2) is 59.9 Å². The average molecular weight is 325 g/mol. The molecule has 1 fully saturated rings. The molecule has 1 N–H and O–H groups in total. The Bertz CT molecular complexity index is 698. The molecule has 0 spiro atoms. The van der Waals surface area contributed by atoms with Crippen molar-refractivity contribution in [3.63, 3.8) is 0 Å². The number of amides is 1. The summed E-state index contributed by atoms with van der Waals surface area (Å²) in [5, 5.41) is 7.17. The van der Waals surface area contributed by atoms with Gasteiger partial charge in [-0.1, -0.05) is 48.5 Å². The van der Waals surface area contributed by atoms with E-state index in [4.69, 9.17) is 4.74 Å². The zero-order valence-electron chi connectivity index (χ0n) is 13.2. The largest absolute Gasteiger partial charge is 0.446 e. The predicted octanol–water partition coefficient (Wildman–Crippen LogP) is 4.05. The summed E-state index contributed by atoms with van der Waals surface area (Å²) in [6, 6.07) is 17.5. The first-order valence-electron chi connectivity index (χ1n) is 7.96. The molecule has 6 heteroatoms. The number of carbonyl (C=O) groups excluding carboxylic acids is 1. The lowest BCUT2D eigenvalue weighted by molar-refractivity contribution is 0.0593. The van der Waals surface area contributed by atoms with Crippen LogP contribution in [0.5, 0.6) is 0 Å². The second-order valence-electron chi connectivity index (χ2n) is 5.68. The van der Waals surface area contributed by atoms with Gasteiger partial charge < -0.3 is 4.74 Å². The van der Waals surface area contributed by atoms with Crippen molar-refractivity contribution in [3.05, 3.63) is 59.5 Å². The van der Waals surface area contributed by atoms with Crippen LogP contribution >= 0.6 is 0 Å². The first-order valence-corrected chi connectivity index (χ1v) is 7.96. The highest BCUT2D eigenvalue weighted by Crippen LogP contribution is 2.27. The van der Waals surface area contributed by atoms with Crippen LogP contribution < -0.4 is 5.32 Å². The first-order chi connectivity index (χ1) is 11.8. The lowest BCUT2D eigenvalue weighted by atomic mass is 10.0. The summed E-state index contributed by atoms with van der Waals surface area (Å²) in [6.45, 7) is 1.03. The molecule has 2 aromatic carbocycles. The highest BCUT2D eigenvalue weighted by atomic mass is 16.6. The number of anilines is 1. The molecule has 124 valence electrons. The lowest BCUT2D eigenvalue weighted by Gasteiger charge is -2.27. The van der Waals surface area contributed by atoms with Gasteiger partial charge in [0.25, 0.3) is 0 Å².